The number of hydrogen-bond acceptors (Lipinski definition) is 3. The van der Waals surface area contributed by atoms with Crippen molar-refractivity contribution in [1.29, 1.82) is 0 Å². The number of ether oxygens (including phenoxy) is 1. The summed E-state index contributed by atoms with van der Waals surface area (Å²) < 4.78 is 4.84. The molecule has 0 radical (unpaired) electrons. The lowest BCUT2D eigenvalue weighted by Crippen LogP contribution is -2.47. The molecule has 1 aliphatic rings. The summed E-state index contributed by atoms with van der Waals surface area (Å²) in [5.74, 6) is 0.108. The highest BCUT2D eigenvalue weighted by atomic mass is 16.5. The molecule has 1 rings (SSSR count). The monoisotopic (exact) mass is 186 g/mol. The van der Waals surface area contributed by atoms with Crippen molar-refractivity contribution in [2.45, 2.75) is 25.3 Å². The van der Waals surface area contributed by atoms with E-state index in [2.05, 4.69) is 10.6 Å². The lowest BCUT2D eigenvalue weighted by Gasteiger charge is -2.22. The second kappa shape index (κ2) is 5.94. The van der Waals surface area contributed by atoms with Crippen molar-refractivity contribution in [2.75, 3.05) is 26.8 Å². The fourth-order valence-electron chi connectivity index (χ4n) is 1.48. The smallest absolute Gasteiger partial charge is 0.237 e. The zero-order valence-corrected chi connectivity index (χ0v) is 8.14. The Balaban J connectivity index is 2.13. The van der Waals surface area contributed by atoms with Gasteiger partial charge in [0.1, 0.15) is 0 Å². The molecule has 0 aromatic carbocycles. The Morgan fingerprint density at radius 3 is 3.08 bits per heavy atom. The maximum Gasteiger partial charge on any atom is 0.237 e. The summed E-state index contributed by atoms with van der Waals surface area (Å²) in [7, 11) is 1.63. The third-order valence-corrected chi connectivity index (χ3v) is 2.23. The van der Waals surface area contributed by atoms with Crippen LogP contribution in [0.3, 0.4) is 0 Å². The average Bonchev–Trinajstić information content (AvgIpc) is 2.19. The summed E-state index contributed by atoms with van der Waals surface area (Å²) in [6.07, 6.45) is 3.29. The van der Waals surface area contributed by atoms with Crippen LogP contribution in [0.5, 0.6) is 0 Å². The lowest BCUT2D eigenvalue weighted by atomic mass is 10.0. The SMILES string of the molecule is COCCNC(=O)C1CCCCN1. The first-order valence-corrected chi connectivity index (χ1v) is 4.84. The second-order valence-electron chi connectivity index (χ2n) is 3.29. The highest BCUT2D eigenvalue weighted by molar-refractivity contribution is 5.81. The van der Waals surface area contributed by atoms with E-state index in [4.69, 9.17) is 4.74 Å². The summed E-state index contributed by atoms with van der Waals surface area (Å²) >= 11 is 0. The molecule has 0 spiro atoms. The highest BCUT2D eigenvalue weighted by Crippen LogP contribution is 2.06. The van der Waals surface area contributed by atoms with E-state index in [1.54, 1.807) is 7.11 Å². The molecule has 1 fully saturated rings. The minimum Gasteiger partial charge on any atom is -0.383 e. The van der Waals surface area contributed by atoms with Crippen LogP contribution in [0.1, 0.15) is 19.3 Å². The van der Waals surface area contributed by atoms with Crippen LogP contribution in [0.15, 0.2) is 0 Å². The van der Waals surface area contributed by atoms with Gasteiger partial charge >= 0.3 is 0 Å². The molecule has 2 N–H and O–H groups in total. The Kier molecular flexibility index (Phi) is 4.78. The van der Waals surface area contributed by atoms with Crippen LogP contribution in [0.4, 0.5) is 0 Å². The molecular weight excluding hydrogens is 168 g/mol. The first kappa shape index (κ1) is 10.5. The minimum absolute atomic E-state index is 0.0191. The number of rotatable bonds is 4. The number of methoxy groups -OCH3 is 1. The van der Waals surface area contributed by atoms with Gasteiger partial charge in [-0.05, 0) is 19.4 Å². The predicted octanol–water partition coefficient (Wildman–Crippen LogP) is -0.109. The summed E-state index contributed by atoms with van der Waals surface area (Å²) in [5.41, 5.74) is 0. The molecule has 1 heterocycles. The van der Waals surface area contributed by atoms with Crippen molar-refractivity contribution in [3.8, 4) is 0 Å². The topological polar surface area (TPSA) is 50.4 Å². The normalized spacial score (nSPS) is 22.7. The largest absolute Gasteiger partial charge is 0.383 e. The van der Waals surface area contributed by atoms with Gasteiger partial charge in [0.2, 0.25) is 5.91 Å². The Morgan fingerprint density at radius 1 is 1.62 bits per heavy atom. The van der Waals surface area contributed by atoms with Gasteiger partial charge in [-0.25, -0.2) is 0 Å². The van der Waals surface area contributed by atoms with Crippen molar-refractivity contribution >= 4 is 5.91 Å². The van der Waals surface area contributed by atoms with E-state index in [0.717, 1.165) is 19.4 Å². The zero-order chi connectivity index (χ0) is 9.52. The van der Waals surface area contributed by atoms with Gasteiger partial charge in [-0.2, -0.15) is 0 Å². The van der Waals surface area contributed by atoms with Crippen LogP contribution in [0.25, 0.3) is 0 Å². The number of hydrogen-bond donors (Lipinski definition) is 2. The fraction of sp³-hybridized carbons (Fsp3) is 0.889. The van der Waals surface area contributed by atoms with Crippen LogP contribution in [0, 0.1) is 0 Å². The van der Waals surface area contributed by atoms with E-state index >= 15 is 0 Å². The Labute approximate surface area is 79.0 Å². The molecule has 0 bridgehead atoms. The molecule has 1 saturated heterocycles. The third-order valence-electron chi connectivity index (χ3n) is 2.23. The minimum atomic E-state index is 0.0191. The first-order chi connectivity index (χ1) is 6.34. The Hall–Kier alpha value is -0.610. The zero-order valence-electron chi connectivity index (χ0n) is 8.14. The van der Waals surface area contributed by atoms with Gasteiger partial charge in [0.15, 0.2) is 0 Å². The summed E-state index contributed by atoms with van der Waals surface area (Å²) in [4.78, 5) is 11.4. The van der Waals surface area contributed by atoms with Crippen LogP contribution in [-0.4, -0.2) is 38.8 Å². The van der Waals surface area contributed by atoms with Crippen molar-refractivity contribution in [1.82, 2.24) is 10.6 Å². The number of nitrogens with one attached hydrogen (secondary N) is 2. The molecule has 76 valence electrons. The third kappa shape index (κ3) is 3.74. The molecule has 4 heteroatoms. The van der Waals surface area contributed by atoms with Crippen LogP contribution >= 0.6 is 0 Å². The molecule has 0 aromatic rings. The molecule has 0 aliphatic carbocycles. The highest BCUT2D eigenvalue weighted by Gasteiger charge is 2.19. The molecule has 1 aliphatic heterocycles. The van der Waals surface area contributed by atoms with Crippen molar-refractivity contribution < 1.29 is 9.53 Å². The Bertz CT molecular complexity index is 156. The van der Waals surface area contributed by atoms with Crippen LogP contribution in [-0.2, 0) is 9.53 Å². The molecule has 13 heavy (non-hydrogen) atoms. The molecule has 1 atom stereocenters. The maximum atomic E-state index is 11.4. The van der Waals surface area contributed by atoms with E-state index in [1.165, 1.54) is 6.42 Å². The second-order valence-corrected chi connectivity index (χ2v) is 3.29. The van der Waals surface area contributed by atoms with Gasteiger partial charge in [-0.1, -0.05) is 6.42 Å². The van der Waals surface area contributed by atoms with Gasteiger partial charge < -0.3 is 15.4 Å². The summed E-state index contributed by atoms with van der Waals surface area (Å²) in [5, 5.41) is 6.02. The quantitative estimate of drug-likeness (QED) is 0.602. The molecule has 0 saturated carbocycles. The van der Waals surface area contributed by atoms with Crippen molar-refractivity contribution in [3.63, 3.8) is 0 Å². The van der Waals surface area contributed by atoms with Gasteiger partial charge in [0.25, 0.3) is 0 Å². The van der Waals surface area contributed by atoms with Crippen molar-refractivity contribution in [2.24, 2.45) is 0 Å². The van der Waals surface area contributed by atoms with Crippen LogP contribution < -0.4 is 10.6 Å². The molecule has 1 amide bonds. The number of piperidine rings is 1. The number of carbonyl (C=O) groups is 1. The number of carbonyl (C=O) groups excluding carboxylic acids is 1. The standard InChI is InChI=1S/C9H18N2O2/c1-13-7-6-11-9(12)8-4-2-3-5-10-8/h8,10H,2-7H2,1H3,(H,11,12). The van der Waals surface area contributed by atoms with E-state index in [0.29, 0.717) is 13.2 Å². The maximum absolute atomic E-state index is 11.4. The lowest BCUT2D eigenvalue weighted by molar-refractivity contribution is -0.123. The van der Waals surface area contributed by atoms with Gasteiger partial charge in [0.05, 0.1) is 12.6 Å². The Morgan fingerprint density at radius 2 is 2.46 bits per heavy atom. The molecule has 1 unspecified atom stereocenters. The van der Waals surface area contributed by atoms with E-state index in [-0.39, 0.29) is 11.9 Å². The predicted molar refractivity (Wildman–Crippen MR) is 50.5 cm³/mol. The molecule has 0 aromatic heterocycles. The molecule has 4 nitrogen and oxygen atoms in total. The fourth-order valence-corrected chi connectivity index (χ4v) is 1.48. The average molecular weight is 186 g/mol. The van der Waals surface area contributed by atoms with Crippen LogP contribution in [0.2, 0.25) is 0 Å². The van der Waals surface area contributed by atoms with E-state index < -0.39 is 0 Å². The van der Waals surface area contributed by atoms with Gasteiger partial charge in [-0.3, -0.25) is 4.79 Å². The number of amides is 1. The first-order valence-electron chi connectivity index (χ1n) is 4.84. The summed E-state index contributed by atoms with van der Waals surface area (Å²) in [6, 6.07) is 0.0191. The van der Waals surface area contributed by atoms with E-state index in [9.17, 15) is 4.79 Å². The van der Waals surface area contributed by atoms with E-state index in [1.807, 2.05) is 0 Å². The van der Waals surface area contributed by atoms with Gasteiger partial charge in [-0.15, -0.1) is 0 Å². The summed E-state index contributed by atoms with van der Waals surface area (Å²) in [6.45, 7) is 2.15. The van der Waals surface area contributed by atoms with Gasteiger partial charge in [0, 0.05) is 13.7 Å². The van der Waals surface area contributed by atoms with Crippen molar-refractivity contribution in [3.05, 3.63) is 0 Å². The molecular formula is C9H18N2O2.